The summed E-state index contributed by atoms with van der Waals surface area (Å²) in [5.74, 6) is -2.00. The van der Waals surface area contributed by atoms with Crippen LogP contribution in [0.1, 0.15) is 12.0 Å². The van der Waals surface area contributed by atoms with Crippen LogP contribution in [0, 0.1) is 30.8 Å². The highest BCUT2D eigenvalue weighted by molar-refractivity contribution is 14.1. The fourth-order valence-corrected chi connectivity index (χ4v) is 6.35. The van der Waals surface area contributed by atoms with E-state index in [9.17, 15) is 14.7 Å². The molecular formula is C16H14I2O5. The van der Waals surface area contributed by atoms with Crippen LogP contribution in [-0.4, -0.2) is 29.3 Å². The molecule has 1 aromatic carbocycles. The van der Waals surface area contributed by atoms with Crippen LogP contribution in [0.4, 0.5) is 0 Å². The first-order valence-electron chi connectivity index (χ1n) is 7.46. The lowest BCUT2D eigenvalue weighted by atomic mass is 9.78. The third-order valence-electron chi connectivity index (χ3n) is 5.15. The zero-order chi connectivity index (χ0) is 16.3. The Kier molecular flexibility index (Phi) is 4.08. The summed E-state index contributed by atoms with van der Waals surface area (Å²) in [5, 5.41) is 10.2. The lowest BCUT2D eigenvalue weighted by Gasteiger charge is -2.27. The van der Waals surface area contributed by atoms with Gasteiger partial charge in [0.2, 0.25) is 0 Å². The van der Waals surface area contributed by atoms with Crippen LogP contribution in [0.3, 0.4) is 0 Å². The Hall–Kier alpha value is -0.420. The number of carbonyl (C=O) groups excluding carboxylic acids is 2. The number of rotatable bonds is 3. The molecule has 2 saturated carbocycles. The van der Waals surface area contributed by atoms with E-state index in [1.807, 2.05) is 18.2 Å². The predicted molar refractivity (Wildman–Crippen MR) is 96.1 cm³/mol. The van der Waals surface area contributed by atoms with Crippen LogP contribution in [0.25, 0.3) is 0 Å². The van der Waals surface area contributed by atoms with Crippen molar-refractivity contribution in [1.29, 1.82) is 0 Å². The number of benzene rings is 1. The normalized spacial score (nSPS) is 37.1. The fourth-order valence-electron chi connectivity index (χ4n) is 4.28. The van der Waals surface area contributed by atoms with E-state index < -0.39 is 30.0 Å². The topological polar surface area (TPSA) is 72.8 Å². The quantitative estimate of drug-likeness (QED) is 0.470. The third kappa shape index (κ3) is 2.58. The number of carbonyl (C=O) groups is 2. The SMILES string of the molecule is O=C(OCc1cc(I)cc(I)c1)C1C2CC3C(OC(=O)C31)C2O. The number of hydrogen-bond donors (Lipinski definition) is 1. The molecule has 0 amide bonds. The molecule has 3 aliphatic rings. The Balaban J connectivity index is 1.48. The van der Waals surface area contributed by atoms with E-state index in [1.54, 1.807) is 0 Å². The molecule has 5 nitrogen and oxygen atoms in total. The van der Waals surface area contributed by atoms with Gasteiger partial charge in [-0.25, -0.2) is 0 Å². The molecule has 4 rings (SSSR count). The van der Waals surface area contributed by atoms with E-state index in [1.165, 1.54) is 0 Å². The Bertz CT molecular complexity index is 671. The first-order valence-corrected chi connectivity index (χ1v) is 9.61. The standard InChI is InChI=1S/C16H14I2O5/c17-7-1-6(2-8(18)3-7)5-22-15(20)11-9-4-10-12(11)16(21)23-14(10)13(9)19/h1-3,9-14,19H,4-5H2. The first-order chi connectivity index (χ1) is 11.0. The smallest absolute Gasteiger partial charge is 0.310 e. The van der Waals surface area contributed by atoms with Crippen LogP contribution < -0.4 is 0 Å². The largest absolute Gasteiger partial charge is 0.461 e. The molecule has 23 heavy (non-hydrogen) atoms. The van der Waals surface area contributed by atoms with Crippen molar-refractivity contribution in [2.75, 3.05) is 0 Å². The molecule has 1 saturated heterocycles. The Morgan fingerprint density at radius 3 is 2.65 bits per heavy atom. The molecule has 0 aromatic heterocycles. The second-order valence-corrected chi connectivity index (χ2v) is 8.88. The average molecular weight is 540 g/mol. The molecule has 0 radical (unpaired) electrons. The van der Waals surface area contributed by atoms with E-state index in [4.69, 9.17) is 9.47 Å². The number of hydrogen-bond acceptors (Lipinski definition) is 5. The van der Waals surface area contributed by atoms with Gasteiger partial charge in [0, 0.05) is 19.0 Å². The summed E-state index contributed by atoms with van der Waals surface area (Å²) in [7, 11) is 0. The summed E-state index contributed by atoms with van der Waals surface area (Å²) in [6.07, 6.45) is -0.485. The molecule has 1 N–H and O–H groups in total. The summed E-state index contributed by atoms with van der Waals surface area (Å²) in [5.41, 5.74) is 0.922. The maximum absolute atomic E-state index is 12.5. The molecule has 122 valence electrons. The van der Waals surface area contributed by atoms with E-state index in [0.717, 1.165) is 12.7 Å². The maximum atomic E-state index is 12.5. The number of ether oxygens (including phenoxy) is 2. The van der Waals surface area contributed by atoms with Crippen molar-refractivity contribution < 1.29 is 24.2 Å². The van der Waals surface area contributed by atoms with Gasteiger partial charge in [-0.2, -0.15) is 0 Å². The summed E-state index contributed by atoms with van der Waals surface area (Å²) >= 11 is 4.44. The highest BCUT2D eigenvalue weighted by Crippen LogP contribution is 2.58. The van der Waals surface area contributed by atoms with Crippen molar-refractivity contribution in [1.82, 2.24) is 0 Å². The maximum Gasteiger partial charge on any atom is 0.310 e. The van der Waals surface area contributed by atoms with Gasteiger partial charge in [0.05, 0.1) is 17.9 Å². The number of aliphatic hydroxyl groups excluding tert-OH is 1. The summed E-state index contributed by atoms with van der Waals surface area (Å²) in [4.78, 5) is 24.5. The molecule has 0 spiro atoms. The molecule has 1 aliphatic heterocycles. The van der Waals surface area contributed by atoms with Crippen LogP contribution >= 0.6 is 45.2 Å². The van der Waals surface area contributed by atoms with Crippen LogP contribution in [0.15, 0.2) is 18.2 Å². The molecule has 6 atom stereocenters. The Morgan fingerprint density at radius 2 is 1.96 bits per heavy atom. The molecule has 3 fully saturated rings. The van der Waals surface area contributed by atoms with Gasteiger partial charge in [0.25, 0.3) is 0 Å². The van der Waals surface area contributed by atoms with Gasteiger partial charge in [0.1, 0.15) is 12.7 Å². The van der Waals surface area contributed by atoms with E-state index in [2.05, 4.69) is 45.2 Å². The highest BCUT2D eigenvalue weighted by atomic mass is 127. The second kappa shape index (κ2) is 5.83. The van der Waals surface area contributed by atoms with Crippen molar-refractivity contribution in [2.24, 2.45) is 23.7 Å². The Labute approximate surface area is 160 Å². The third-order valence-corrected chi connectivity index (χ3v) is 6.40. The van der Waals surface area contributed by atoms with E-state index in [0.29, 0.717) is 6.42 Å². The van der Waals surface area contributed by atoms with Gasteiger partial charge in [-0.05, 0) is 75.4 Å². The fraction of sp³-hybridized carbons (Fsp3) is 0.500. The van der Waals surface area contributed by atoms with Gasteiger partial charge < -0.3 is 14.6 Å². The summed E-state index contributed by atoms with van der Waals surface area (Å²) in [6.45, 7) is 0.181. The van der Waals surface area contributed by atoms with Crippen LogP contribution in [0.5, 0.6) is 0 Å². The van der Waals surface area contributed by atoms with E-state index in [-0.39, 0.29) is 24.4 Å². The summed E-state index contributed by atoms with van der Waals surface area (Å²) in [6, 6.07) is 5.96. The molecule has 1 heterocycles. The molecule has 2 aliphatic carbocycles. The van der Waals surface area contributed by atoms with Crippen molar-refractivity contribution >= 4 is 57.1 Å². The highest BCUT2D eigenvalue weighted by Gasteiger charge is 2.68. The molecule has 2 bridgehead atoms. The molecule has 7 heteroatoms. The van der Waals surface area contributed by atoms with Crippen LogP contribution in [0.2, 0.25) is 0 Å². The van der Waals surface area contributed by atoms with Gasteiger partial charge >= 0.3 is 11.9 Å². The number of esters is 2. The molecule has 1 aromatic rings. The number of halogens is 2. The predicted octanol–water partition coefficient (Wildman–Crippen LogP) is 2.11. The van der Waals surface area contributed by atoms with Crippen molar-refractivity contribution in [3.8, 4) is 0 Å². The summed E-state index contributed by atoms with van der Waals surface area (Å²) < 4.78 is 12.8. The van der Waals surface area contributed by atoms with Crippen molar-refractivity contribution in [2.45, 2.75) is 25.2 Å². The average Bonchev–Trinajstić information content (AvgIpc) is 3.08. The van der Waals surface area contributed by atoms with Gasteiger partial charge in [-0.15, -0.1) is 0 Å². The molecule has 6 unspecified atom stereocenters. The monoisotopic (exact) mass is 540 g/mol. The minimum absolute atomic E-state index is 0.0290. The zero-order valence-corrected chi connectivity index (χ0v) is 16.3. The van der Waals surface area contributed by atoms with Gasteiger partial charge in [-0.3, -0.25) is 9.59 Å². The van der Waals surface area contributed by atoms with Crippen LogP contribution in [-0.2, 0) is 25.7 Å². The minimum Gasteiger partial charge on any atom is -0.461 e. The second-order valence-electron chi connectivity index (χ2n) is 6.39. The lowest BCUT2D eigenvalue weighted by molar-refractivity contribution is -0.157. The lowest BCUT2D eigenvalue weighted by Crippen LogP contribution is -2.41. The minimum atomic E-state index is -0.737. The van der Waals surface area contributed by atoms with Gasteiger partial charge in [-0.1, -0.05) is 0 Å². The number of aliphatic hydroxyl groups is 1. The Morgan fingerprint density at radius 1 is 1.26 bits per heavy atom. The van der Waals surface area contributed by atoms with Crippen molar-refractivity contribution in [3.05, 3.63) is 30.9 Å². The van der Waals surface area contributed by atoms with Crippen molar-refractivity contribution in [3.63, 3.8) is 0 Å². The first kappa shape index (κ1) is 16.1. The van der Waals surface area contributed by atoms with Gasteiger partial charge in [0.15, 0.2) is 0 Å². The van der Waals surface area contributed by atoms with E-state index >= 15 is 0 Å². The number of fused-ring (bicyclic) bond motifs is 1. The zero-order valence-electron chi connectivity index (χ0n) is 11.9. The molecular weight excluding hydrogens is 526 g/mol.